The molecule has 5 nitrogen and oxygen atoms in total. The highest BCUT2D eigenvalue weighted by atomic mass is 16.5. The molecule has 2 rings (SSSR count). The molecule has 5 heteroatoms. The van der Waals surface area contributed by atoms with Gasteiger partial charge in [-0.3, -0.25) is 0 Å². The first-order chi connectivity index (χ1) is 7.67. The molecule has 1 aromatic rings. The van der Waals surface area contributed by atoms with Gasteiger partial charge >= 0.3 is 0 Å². The summed E-state index contributed by atoms with van der Waals surface area (Å²) >= 11 is 0. The fraction of sp³-hybridized carbons (Fsp3) is 0.455. The summed E-state index contributed by atoms with van der Waals surface area (Å²) in [5.41, 5.74) is 15.0. The highest BCUT2D eigenvalue weighted by Gasteiger charge is 2.22. The first kappa shape index (κ1) is 10.7. The molecule has 0 amide bonds. The fourth-order valence-corrected chi connectivity index (χ4v) is 1.93. The van der Waals surface area contributed by atoms with Gasteiger partial charge in [-0.25, -0.2) is 0 Å². The van der Waals surface area contributed by atoms with Crippen molar-refractivity contribution in [3.63, 3.8) is 0 Å². The van der Waals surface area contributed by atoms with Crippen molar-refractivity contribution in [2.24, 2.45) is 0 Å². The molecule has 1 atom stereocenters. The van der Waals surface area contributed by atoms with Crippen LogP contribution >= 0.6 is 0 Å². The third-order valence-electron chi connectivity index (χ3n) is 2.95. The van der Waals surface area contributed by atoms with Gasteiger partial charge in [-0.2, -0.15) is 0 Å². The third-order valence-corrected chi connectivity index (χ3v) is 2.95. The summed E-state index contributed by atoms with van der Waals surface area (Å²) < 4.78 is 5.17. The Bertz CT molecular complexity index is 405. The van der Waals surface area contributed by atoms with Gasteiger partial charge < -0.3 is 26.8 Å². The van der Waals surface area contributed by atoms with Crippen LogP contribution in [-0.4, -0.2) is 19.7 Å². The molecule has 0 bridgehead atoms. The Labute approximate surface area is 95.1 Å². The lowest BCUT2D eigenvalue weighted by molar-refractivity contribution is 0.417. The lowest BCUT2D eigenvalue weighted by atomic mass is 10.1. The van der Waals surface area contributed by atoms with E-state index in [4.69, 9.17) is 16.2 Å². The molecule has 0 aromatic heterocycles. The smallest absolute Gasteiger partial charge is 0.146 e. The maximum absolute atomic E-state index is 5.99. The van der Waals surface area contributed by atoms with E-state index in [2.05, 4.69) is 17.6 Å². The van der Waals surface area contributed by atoms with E-state index in [9.17, 15) is 0 Å². The van der Waals surface area contributed by atoms with E-state index in [1.54, 1.807) is 13.2 Å². The van der Waals surface area contributed by atoms with Crippen LogP contribution in [0.1, 0.15) is 13.3 Å². The quantitative estimate of drug-likeness (QED) is 0.569. The fourth-order valence-electron chi connectivity index (χ4n) is 1.93. The summed E-state index contributed by atoms with van der Waals surface area (Å²) in [6.45, 7) is 2.98. The summed E-state index contributed by atoms with van der Waals surface area (Å²) in [7, 11) is 1.59. The van der Waals surface area contributed by atoms with Gasteiger partial charge in [-0.15, -0.1) is 0 Å². The summed E-state index contributed by atoms with van der Waals surface area (Å²) in [6.07, 6.45) is 1.04. The molecular formula is C11H18N4O. The second-order valence-corrected chi connectivity index (χ2v) is 3.96. The van der Waals surface area contributed by atoms with Crippen molar-refractivity contribution in [3.8, 4) is 5.75 Å². The SMILES string of the molecule is CCC1CNc2c(N)c(OC)cc(N)c2N1. The molecule has 0 saturated heterocycles. The Morgan fingerprint density at radius 1 is 1.44 bits per heavy atom. The molecule has 1 heterocycles. The van der Waals surface area contributed by atoms with Gasteiger partial charge in [0.05, 0.1) is 29.9 Å². The first-order valence-electron chi connectivity index (χ1n) is 5.43. The Balaban J connectivity index is 2.46. The number of hydrogen-bond donors (Lipinski definition) is 4. The van der Waals surface area contributed by atoms with E-state index in [1.165, 1.54) is 0 Å². The molecule has 1 aromatic carbocycles. The minimum Gasteiger partial charge on any atom is -0.494 e. The summed E-state index contributed by atoms with van der Waals surface area (Å²) in [5, 5.41) is 6.68. The molecule has 1 unspecified atom stereocenters. The van der Waals surface area contributed by atoms with Crippen molar-refractivity contribution in [2.45, 2.75) is 19.4 Å². The summed E-state index contributed by atoms with van der Waals surface area (Å²) in [5.74, 6) is 0.612. The number of nitrogens with two attached hydrogens (primary N) is 2. The maximum Gasteiger partial charge on any atom is 0.146 e. The summed E-state index contributed by atoms with van der Waals surface area (Å²) in [4.78, 5) is 0. The molecular weight excluding hydrogens is 204 g/mol. The zero-order valence-corrected chi connectivity index (χ0v) is 9.63. The Morgan fingerprint density at radius 3 is 2.81 bits per heavy atom. The van der Waals surface area contributed by atoms with Gasteiger partial charge in [0.25, 0.3) is 0 Å². The van der Waals surface area contributed by atoms with Gasteiger partial charge in [0, 0.05) is 18.7 Å². The van der Waals surface area contributed by atoms with Crippen LogP contribution < -0.4 is 26.8 Å². The van der Waals surface area contributed by atoms with Gasteiger partial charge in [0.2, 0.25) is 0 Å². The van der Waals surface area contributed by atoms with Crippen molar-refractivity contribution < 1.29 is 4.74 Å². The number of fused-ring (bicyclic) bond motifs is 1. The monoisotopic (exact) mass is 222 g/mol. The lowest BCUT2D eigenvalue weighted by Crippen LogP contribution is -2.33. The van der Waals surface area contributed by atoms with E-state index in [0.717, 1.165) is 24.3 Å². The number of anilines is 4. The average molecular weight is 222 g/mol. The van der Waals surface area contributed by atoms with E-state index in [0.29, 0.717) is 23.2 Å². The van der Waals surface area contributed by atoms with E-state index in [1.807, 2.05) is 0 Å². The molecule has 88 valence electrons. The lowest BCUT2D eigenvalue weighted by Gasteiger charge is -2.30. The topological polar surface area (TPSA) is 85.3 Å². The molecule has 1 aliphatic heterocycles. The van der Waals surface area contributed by atoms with Gasteiger partial charge in [-0.1, -0.05) is 6.92 Å². The van der Waals surface area contributed by atoms with Crippen molar-refractivity contribution >= 4 is 22.7 Å². The van der Waals surface area contributed by atoms with Crippen molar-refractivity contribution in [3.05, 3.63) is 6.07 Å². The van der Waals surface area contributed by atoms with E-state index >= 15 is 0 Å². The number of rotatable bonds is 2. The van der Waals surface area contributed by atoms with Crippen LogP contribution in [0.4, 0.5) is 22.7 Å². The van der Waals surface area contributed by atoms with Crippen LogP contribution in [0, 0.1) is 0 Å². The zero-order chi connectivity index (χ0) is 11.7. The highest BCUT2D eigenvalue weighted by Crippen LogP contribution is 2.43. The van der Waals surface area contributed by atoms with Crippen LogP contribution in [0.15, 0.2) is 6.07 Å². The van der Waals surface area contributed by atoms with Crippen LogP contribution in [-0.2, 0) is 0 Å². The summed E-state index contributed by atoms with van der Waals surface area (Å²) in [6, 6.07) is 2.14. The van der Waals surface area contributed by atoms with Crippen LogP contribution in [0.2, 0.25) is 0 Å². The second-order valence-electron chi connectivity index (χ2n) is 3.96. The van der Waals surface area contributed by atoms with Gasteiger partial charge in [0.1, 0.15) is 5.75 Å². The van der Waals surface area contributed by atoms with Crippen LogP contribution in [0.5, 0.6) is 5.75 Å². The normalized spacial score (nSPS) is 18.2. The minimum atomic E-state index is 0.391. The molecule has 0 radical (unpaired) electrons. The molecule has 1 aliphatic rings. The average Bonchev–Trinajstić information content (AvgIpc) is 2.33. The molecule has 0 spiro atoms. The van der Waals surface area contributed by atoms with E-state index < -0.39 is 0 Å². The van der Waals surface area contributed by atoms with Gasteiger partial charge in [0.15, 0.2) is 0 Å². The first-order valence-corrected chi connectivity index (χ1v) is 5.43. The molecule has 0 aliphatic carbocycles. The number of benzene rings is 1. The Hall–Kier alpha value is -1.78. The van der Waals surface area contributed by atoms with Crippen molar-refractivity contribution in [2.75, 3.05) is 35.8 Å². The number of nitrogen functional groups attached to an aromatic ring is 2. The third kappa shape index (κ3) is 1.58. The van der Waals surface area contributed by atoms with Crippen LogP contribution in [0.25, 0.3) is 0 Å². The highest BCUT2D eigenvalue weighted by molar-refractivity contribution is 5.94. The predicted molar refractivity (Wildman–Crippen MR) is 68.0 cm³/mol. The van der Waals surface area contributed by atoms with Crippen molar-refractivity contribution in [1.82, 2.24) is 0 Å². The number of ether oxygens (including phenoxy) is 1. The standard InChI is InChI=1S/C11H18N4O/c1-3-6-5-14-11-9(13)8(16-2)4-7(12)10(11)15-6/h4,6,14-15H,3,5,12-13H2,1-2H3. The number of nitrogens with one attached hydrogen (secondary N) is 2. The minimum absolute atomic E-state index is 0.391. The number of hydrogen-bond acceptors (Lipinski definition) is 5. The Kier molecular flexibility index (Phi) is 2.68. The van der Waals surface area contributed by atoms with E-state index in [-0.39, 0.29) is 0 Å². The van der Waals surface area contributed by atoms with Crippen LogP contribution in [0.3, 0.4) is 0 Å². The molecule has 16 heavy (non-hydrogen) atoms. The van der Waals surface area contributed by atoms with Crippen molar-refractivity contribution in [1.29, 1.82) is 0 Å². The second kappa shape index (κ2) is 4.00. The zero-order valence-electron chi connectivity index (χ0n) is 9.63. The predicted octanol–water partition coefficient (Wildman–Crippen LogP) is 1.48. The van der Waals surface area contributed by atoms with Gasteiger partial charge in [-0.05, 0) is 6.42 Å². The molecule has 0 fully saturated rings. The number of methoxy groups -OCH3 is 1. The maximum atomic E-state index is 5.99. The largest absolute Gasteiger partial charge is 0.494 e. The molecule has 6 N–H and O–H groups in total. The molecule has 0 saturated carbocycles. The Morgan fingerprint density at radius 2 is 2.19 bits per heavy atom.